The summed E-state index contributed by atoms with van der Waals surface area (Å²) in [5.74, 6) is 2.83. The molecule has 116 valence electrons. The van der Waals surface area contributed by atoms with Crippen molar-refractivity contribution in [2.24, 2.45) is 34.5 Å². The highest BCUT2D eigenvalue weighted by atomic mass is 16.1. The van der Waals surface area contributed by atoms with Crippen LogP contribution in [-0.4, -0.2) is 11.6 Å². The van der Waals surface area contributed by atoms with E-state index in [9.17, 15) is 9.59 Å². The molecular formula is C19H28O2. The number of hydrogen-bond donors (Lipinski definition) is 0. The molecule has 4 rings (SSSR count). The zero-order valence-corrected chi connectivity index (χ0v) is 13.5. The van der Waals surface area contributed by atoms with Crippen molar-refractivity contribution in [3.8, 4) is 0 Å². The van der Waals surface area contributed by atoms with E-state index in [2.05, 4.69) is 13.8 Å². The minimum atomic E-state index is -0.309. The van der Waals surface area contributed by atoms with Crippen LogP contribution >= 0.6 is 0 Å². The predicted octanol–water partition coefficient (Wildman–Crippen LogP) is 4.17. The summed E-state index contributed by atoms with van der Waals surface area (Å²) >= 11 is 0. The van der Waals surface area contributed by atoms with Gasteiger partial charge in [-0.3, -0.25) is 9.59 Å². The standard InChI is InChI=1S/C19H28O2/c1-18-10-4-3-5-12(18)6-7-13-14-8-9-16(21)19(14,2)11-15(20)17(13)18/h12-14,17H,3-11H2,1-2H3/t12-,13-,14+,17+,18+,19+/m1/s1. The van der Waals surface area contributed by atoms with Gasteiger partial charge in [0.15, 0.2) is 0 Å². The van der Waals surface area contributed by atoms with E-state index in [1.54, 1.807) is 0 Å². The molecule has 0 bridgehead atoms. The molecule has 0 spiro atoms. The summed E-state index contributed by atoms with van der Waals surface area (Å²) in [6.07, 6.45) is 10.0. The maximum Gasteiger partial charge on any atom is 0.139 e. The van der Waals surface area contributed by atoms with Crippen molar-refractivity contribution in [3.05, 3.63) is 0 Å². The molecule has 0 aromatic heterocycles. The zero-order valence-electron chi connectivity index (χ0n) is 13.5. The maximum atomic E-state index is 13.0. The molecule has 0 amide bonds. The zero-order chi connectivity index (χ0) is 14.8. The Labute approximate surface area is 128 Å². The molecule has 0 radical (unpaired) electrons. The topological polar surface area (TPSA) is 34.1 Å². The van der Waals surface area contributed by atoms with Gasteiger partial charge in [0.1, 0.15) is 11.6 Å². The van der Waals surface area contributed by atoms with Gasteiger partial charge < -0.3 is 0 Å². The van der Waals surface area contributed by atoms with E-state index >= 15 is 0 Å². The summed E-state index contributed by atoms with van der Waals surface area (Å²) in [7, 11) is 0. The molecule has 0 N–H and O–H groups in total. The van der Waals surface area contributed by atoms with E-state index in [1.165, 1.54) is 38.5 Å². The van der Waals surface area contributed by atoms with Crippen molar-refractivity contribution < 1.29 is 9.59 Å². The summed E-state index contributed by atoms with van der Waals surface area (Å²) in [6, 6.07) is 0. The predicted molar refractivity (Wildman–Crippen MR) is 81.7 cm³/mol. The van der Waals surface area contributed by atoms with Gasteiger partial charge in [-0.15, -0.1) is 0 Å². The molecule has 21 heavy (non-hydrogen) atoms. The first-order chi connectivity index (χ1) is 9.97. The van der Waals surface area contributed by atoms with Gasteiger partial charge in [0, 0.05) is 24.2 Å². The first-order valence-electron chi connectivity index (χ1n) is 9.03. The molecule has 4 aliphatic carbocycles. The van der Waals surface area contributed by atoms with Crippen LogP contribution in [0.25, 0.3) is 0 Å². The SMILES string of the molecule is C[C@]12CCCC[C@@H]1CC[C@H]1[C@H]2C(=O)C[C@]2(C)C(=O)CC[C@@H]12. The van der Waals surface area contributed by atoms with E-state index in [4.69, 9.17) is 0 Å². The van der Waals surface area contributed by atoms with Crippen LogP contribution in [0.15, 0.2) is 0 Å². The second-order valence-corrected chi connectivity index (χ2v) is 8.80. The molecule has 0 aromatic carbocycles. The Morgan fingerprint density at radius 2 is 1.81 bits per heavy atom. The van der Waals surface area contributed by atoms with Gasteiger partial charge in [0.25, 0.3) is 0 Å². The van der Waals surface area contributed by atoms with Crippen LogP contribution in [-0.2, 0) is 9.59 Å². The normalized spacial score (nSPS) is 53.0. The average Bonchev–Trinajstić information content (AvgIpc) is 2.73. The molecule has 2 nitrogen and oxygen atoms in total. The molecule has 0 unspecified atom stereocenters. The van der Waals surface area contributed by atoms with Gasteiger partial charge in [-0.05, 0) is 55.3 Å². The van der Waals surface area contributed by atoms with E-state index in [0.717, 1.165) is 18.8 Å². The van der Waals surface area contributed by atoms with Crippen LogP contribution in [0, 0.1) is 34.5 Å². The molecule has 4 aliphatic rings. The Balaban J connectivity index is 1.73. The lowest BCUT2D eigenvalue weighted by molar-refractivity contribution is -0.159. The Morgan fingerprint density at radius 3 is 2.62 bits per heavy atom. The number of fused-ring (bicyclic) bond motifs is 5. The highest BCUT2D eigenvalue weighted by Crippen LogP contribution is 2.64. The van der Waals surface area contributed by atoms with Crippen LogP contribution in [0.3, 0.4) is 0 Å². The fourth-order valence-corrected chi connectivity index (χ4v) is 6.89. The Morgan fingerprint density at radius 1 is 1.00 bits per heavy atom. The molecule has 4 saturated carbocycles. The van der Waals surface area contributed by atoms with E-state index in [0.29, 0.717) is 29.8 Å². The quantitative estimate of drug-likeness (QED) is 0.670. The van der Waals surface area contributed by atoms with Crippen LogP contribution in [0.5, 0.6) is 0 Å². The summed E-state index contributed by atoms with van der Waals surface area (Å²) in [5.41, 5.74) is -0.0681. The van der Waals surface area contributed by atoms with Crippen LogP contribution < -0.4 is 0 Å². The van der Waals surface area contributed by atoms with Gasteiger partial charge in [-0.25, -0.2) is 0 Å². The van der Waals surface area contributed by atoms with Gasteiger partial charge in [-0.1, -0.05) is 26.7 Å². The molecule has 0 saturated heterocycles. The maximum absolute atomic E-state index is 13.0. The van der Waals surface area contributed by atoms with E-state index in [-0.39, 0.29) is 16.7 Å². The third kappa shape index (κ3) is 1.71. The second-order valence-electron chi connectivity index (χ2n) is 8.80. The third-order valence-corrected chi connectivity index (χ3v) is 7.98. The fraction of sp³-hybridized carbons (Fsp3) is 0.895. The van der Waals surface area contributed by atoms with Crippen molar-refractivity contribution in [1.82, 2.24) is 0 Å². The van der Waals surface area contributed by atoms with Crippen LogP contribution in [0.2, 0.25) is 0 Å². The number of carbonyl (C=O) groups is 2. The molecular weight excluding hydrogens is 260 g/mol. The van der Waals surface area contributed by atoms with Gasteiger partial charge in [0.05, 0.1) is 0 Å². The van der Waals surface area contributed by atoms with Crippen LogP contribution in [0.1, 0.15) is 71.6 Å². The fourth-order valence-electron chi connectivity index (χ4n) is 6.89. The first-order valence-corrected chi connectivity index (χ1v) is 9.03. The summed E-state index contributed by atoms with van der Waals surface area (Å²) in [4.78, 5) is 25.4. The highest BCUT2D eigenvalue weighted by Gasteiger charge is 2.62. The molecule has 0 aliphatic heterocycles. The Bertz CT molecular complexity index is 496. The number of ketones is 2. The lowest BCUT2D eigenvalue weighted by Gasteiger charge is -2.58. The largest absolute Gasteiger partial charge is 0.299 e. The second kappa shape index (κ2) is 4.43. The summed E-state index contributed by atoms with van der Waals surface area (Å²) in [5, 5.41) is 0. The van der Waals surface area contributed by atoms with Crippen molar-refractivity contribution in [1.29, 1.82) is 0 Å². The lowest BCUT2D eigenvalue weighted by atomic mass is 9.45. The van der Waals surface area contributed by atoms with Crippen molar-refractivity contribution in [2.45, 2.75) is 71.6 Å². The molecule has 0 heterocycles. The summed E-state index contributed by atoms with van der Waals surface area (Å²) < 4.78 is 0. The van der Waals surface area contributed by atoms with Crippen LogP contribution in [0.4, 0.5) is 0 Å². The number of rotatable bonds is 0. The van der Waals surface area contributed by atoms with E-state index < -0.39 is 0 Å². The first kappa shape index (κ1) is 14.0. The number of hydrogen-bond acceptors (Lipinski definition) is 2. The van der Waals surface area contributed by atoms with Crippen molar-refractivity contribution in [2.75, 3.05) is 0 Å². The van der Waals surface area contributed by atoms with Crippen molar-refractivity contribution >= 4 is 11.6 Å². The highest BCUT2D eigenvalue weighted by molar-refractivity contribution is 5.95. The van der Waals surface area contributed by atoms with Gasteiger partial charge in [-0.2, -0.15) is 0 Å². The minimum Gasteiger partial charge on any atom is -0.299 e. The lowest BCUT2D eigenvalue weighted by Crippen LogP contribution is -2.56. The molecule has 6 atom stereocenters. The number of Topliss-reactive ketones (excluding diaryl/α,β-unsaturated/α-hetero) is 2. The molecule has 2 heteroatoms. The minimum absolute atomic E-state index is 0.241. The van der Waals surface area contributed by atoms with Gasteiger partial charge in [0.2, 0.25) is 0 Å². The molecule has 4 fully saturated rings. The average molecular weight is 288 g/mol. The Hall–Kier alpha value is -0.660. The third-order valence-electron chi connectivity index (χ3n) is 7.98. The Kier molecular flexibility index (Phi) is 2.94. The summed E-state index contributed by atoms with van der Waals surface area (Å²) in [6.45, 7) is 4.50. The smallest absolute Gasteiger partial charge is 0.139 e. The monoisotopic (exact) mass is 288 g/mol. The van der Waals surface area contributed by atoms with Crippen molar-refractivity contribution in [3.63, 3.8) is 0 Å². The number of carbonyl (C=O) groups excluding carboxylic acids is 2. The molecule has 0 aromatic rings. The van der Waals surface area contributed by atoms with Gasteiger partial charge >= 0.3 is 0 Å². The van der Waals surface area contributed by atoms with E-state index in [1.807, 2.05) is 0 Å².